The molecule has 0 fully saturated rings. The molecule has 0 aliphatic heterocycles. The predicted octanol–water partition coefficient (Wildman–Crippen LogP) is 8.78. The maximum absolute atomic E-state index is 11.9. The Kier molecular flexibility index (Phi) is 28.0. The van der Waals surface area contributed by atoms with Gasteiger partial charge < -0.3 is 15.5 Å². The molecule has 2 atom stereocenters. The van der Waals surface area contributed by atoms with Gasteiger partial charge in [0.05, 0.1) is 18.8 Å². The van der Waals surface area contributed by atoms with Crippen LogP contribution in [-0.4, -0.2) is 34.9 Å². The third-order valence-corrected chi connectivity index (χ3v) is 7.27. The summed E-state index contributed by atoms with van der Waals surface area (Å²) in [4.78, 5) is 11.9. The number of carbonyl (C=O) groups excluding carboxylic acids is 1. The summed E-state index contributed by atoms with van der Waals surface area (Å²) >= 11 is 0. The quantitative estimate of drug-likeness (QED) is 0.0729. The van der Waals surface area contributed by atoms with Crippen LogP contribution in [0.15, 0.2) is 12.2 Å². The van der Waals surface area contributed by atoms with E-state index < -0.39 is 12.1 Å². The molecule has 0 aromatic carbocycles. The molecule has 0 aliphatic rings. The molecule has 0 rings (SSSR count). The van der Waals surface area contributed by atoms with Gasteiger partial charge in [0, 0.05) is 6.42 Å². The monoisotopic (exact) mass is 509 g/mol. The molecule has 0 bridgehead atoms. The van der Waals surface area contributed by atoms with Crippen molar-refractivity contribution in [2.45, 2.75) is 180 Å². The van der Waals surface area contributed by atoms with Crippen molar-refractivity contribution in [1.29, 1.82) is 0 Å². The molecule has 0 radical (unpaired) electrons. The standard InChI is InChI=1S/C32H63NO3/c1-3-5-7-8-9-10-11-12-13-14-15-16-17-18-19-20-21-22-23-24-26-27-31(35)30(29-34)33-32(36)28-25-6-4-2/h26-27,30-31,34-35H,3-25,28-29H2,1-2H3,(H,33,36)/b27-26+. The maximum atomic E-state index is 11.9. The van der Waals surface area contributed by atoms with Gasteiger partial charge in [-0.25, -0.2) is 0 Å². The minimum absolute atomic E-state index is 0.0891. The molecule has 0 aliphatic carbocycles. The van der Waals surface area contributed by atoms with Gasteiger partial charge in [0.15, 0.2) is 0 Å². The van der Waals surface area contributed by atoms with Gasteiger partial charge in [0.2, 0.25) is 5.91 Å². The first-order chi connectivity index (χ1) is 17.7. The summed E-state index contributed by atoms with van der Waals surface area (Å²) < 4.78 is 0. The van der Waals surface area contributed by atoms with E-state index in [0.29, 0.717) is 6.42 Å². The molecular formula is C32H63NO3. The van der Waals surface area contributed by atoms with E-state index in [9.17, 15) is 15.0 Å². The number of carbonyl (C=O) groups is 1. The van der Waals surface area contributed by atoms with Crippen LogP contribution in [0.2, 0.25) is 0 Å². The Bertz CT molecular complexity index is 480. The highest BCUT2D eigenvalue weighted by molar-refractivity contribution is 5.76. The van der Waals surface area contributed by atoms with E-state index in [4.69, 9.17) is 0 Å². The van der Waals surface area contributed by atoms with Crippen LogP contribution in [0.5, 0.6) is 0 Å². The minimum atomic E-state index is -0.828. The fraction of sp³-hybridized carbons (Fsp3) is 0.906. The molecule has 0 aromatic heterocycles. The van der Waals surface area contributed by atoms with Gasteiger partial charge in [-0.3, -0.25) is 4.79 Å². The summed E-state index contributed by atoms with van der Waals surface area (Å²) in [5, 5.41) is 22.5. The molecule has 0 saturated heterocycles. The van der Waals surface area contributed by atoms with Gasteiger partial charge in [0.1, 0.15) is 0 Å². The largest absolute Gasteiger partial charge is 0.394 e. The second-order valence-corrected chi connectivity index (χ2v) is 10.9. The molecule has 0 heterocycles. The molecule has 3 N–H and O–H groups in total. The number of unbranched alkanes of at least 4 members (excludes halogenated alkanes) is 21. The highest BCUT2D eigenvalue weighted by Gasteiger charge is 2.17. The number of hydrogen-bond acceptors (Lipinski definition) is 3. The van der Waals surface area contributed by atoms with E-state index in [1.54, 1.807) is 6.08 Å². The highest BCUT2D eigenvalue weighted by atomic mass is 16.3. The zero-order valence-electron chi connectivity index (χ0n) is 24.3. The molecule has 0 spiro atoms. The van der Waals surface area contributed by atoms with Gasteiger partial charge in [-0.2, -0.15) is 0 Å². The summed E-state index contributed by atoms with van der Waals surface area (Å²) in [5.74, 6) is -0.0891. The van der Waals surface area contributed by atoms with Crippen LogP contribution in [0, 0.1) is 0 Å². The number of hydrogen-bond donors (Lipinski definition) is 3. The third-order valence-electron chi connectivity index (χ3n) is 7.27. The van der Waals surface area contributed by atoms with Gasteiger partial charge in [0.25, 0.3) is 0 Å². The molecule has 4 heteroatoms. The Morgan fingerprint density at radius 2 is 1.03 bits per heavy atom. The predicted molar refractivity (Wildman–Crippen MR) is 156 cm³/mol. The lowest BCUT2D eigenvalue weighted by molar-refractivity contribution is -0.123. The van der Waals surface area contributed by atoms with Crippen LogP contribution in [0.4, 0.5) is 0 Å². The lowest BCUT2D eigenvalue weighted by atomic mass is 10.0. The molecule has 4 nitrogen and oxygen atoms in total. The number of rotatable bonds is 28. The molecule has 0 aromatic rings. The van der Waals surface area contributed by atoms with Gasteiger partial charge >= 0.3 is 0 Å². The van der Waals surface area contributed by atoms with Crippen molar-refractivity contribution in [1.82, 2.24) is 5.32 Å². The lowest BCUT2D eigenvalue weighted by Crippen LogP contribution is -2.45. The zero-order valence-corrected chi connectivity index (χ0v) is 24.3. The Balaban J connectivity index is 3.44. The van der Waals surface area contributed by atoms with Crippen molar-refractivity contribution in [3.05, 3.63) is 12.2 Å². The smallest absolute Gasteiger partial charge is 0.220 e. The highest BCUT2D eigenvalue weighted by Crippen LogP contribution is 2.15. The van der Waals surface area contributed by atoms with Crippen LogP contribution >= 0.6 is 0 Å². The Morgan fingerprint density at radius 3 is 1.44 bits per heavy atom. The SMILES string of the molecule is CCCCCCCCCCCCCCCCCCCCC/C=C/C(O)C(CO)NC(=O)CCCCC. The minimum Gasteiger partial charge on any atom is -0.394 e. The third kappa shape index (κ3) is 24.8. The molecule has 1 amide bonds. The molecule has 2 unspecified atom stereocenters. The first kappa shape index (κ1) is 35.1. The average molecular weight is 510 g/mol. The van der Waals surface area contributed by atoms with Crippen molar-refractivity contribution in [3.8, 4) is 0 Å². The number of amides is 1. The zero-order chi connectivity index (χ0) is 26.5. The van der Waals surface area contributed by atoms with Crippen molar-refractivity contribution >= 4 is 5.91 Å². The number of aliphatic hydroxyl groups excluding tert-OH is 2. The van der Waals surface area contributed by atoms with E-state index in [-0.39, 0.29) is 12.5 Å². The maximum Gasteiger partial charge on any atom is 0.220 e. The van der Waals surface area contributed by atoms with E-state index in [2.05, 4.69) is 19.2 Å². The lowest BCUT2D eigenvalue weighted by Gasteiger charge is -2.19. The topological polar surface area (TPSA) is 69.6 Å². The molecular weight excluding hydrogens is 446 g/mol. The molecule has 0 saturated carbocycles. The van der Waals surface area contributed by atoms with Crippen molar-refractivity contribution in [2.24, 2.45) is 0 Å². The summed E-state index contributed by atoms with van der Waals surface area (Å²) in [6.45, 7) is 4.14. The Hall–Kier alpha value is -0.870. The first-order valence-electron chi connectivity index (χ1n) is 15.9. The Labute approximate surface area is 225 Å². The van der Waals surface area contributed by atoms with Crippen molar-refractivity contribution in [3.63, 3.8) is 0 Å². The summed E-state index contributed by atoms with van der Waals surface area (Å²) in [7, 11) is 0. The molecule has 36 heavy (non-hydrogen) atoms. The first-order valence-corrected chi connectivity index (χ1v) is 15.9. The van der Waals surface area contributed by atoms with Crippen LogP contribution in [0.25, 0.3) is 0 Å². The van der Waals surface area contributed by atoms with E-state index >= 15 is 0 Å². The van der Waals surface area contributed by atoms with E-state index in [1.165, 1.54) is 116 Å². The number of aliphatic hydroxyl groups is 2. The van der Waals surface area contributed by atoms with Crippen LogP contribution in [0.3, 0.4) is 0 Å². The molecule has 214 valence electrons. The van der Waals surface area contributed by atoms with Gasteiger partial charge in [-0.15, -0.1) is 0 Å². The van der Waals surface area contributed by atoms with E-state index in [1.807, 2.05) is 6.08 Å². The normalized spacial score (nSPS) is 13.3. The van der Waals surface area contributed by atoms with Crippen molar-refractivity contribution < 1.29 is 15.0 Å². The summed E-state index contributed by atoms with van der Waals surface area (Å²) in [6, 6.07) is -0.611. The fourth-order valence-corrected chi connectivity index (χ4v) is 4.76. The van der Waals surface area contributed by atoms with Gasteiger partial charge in [-0.05, 0) is 19.3 Å². The van der Waals surface area contributed by atoms with Crippen LogP contribution in [-0.2, 0) is 4.79 Å². The second-order valence-electron chi connectivity index (χ2n) is 10.9. The fourth-order valence-electron chi connectivity index (χ4n) is 4.76. The van der Waals surface area contributed by atoms with Gasteiger partial charge in [-0.1, -0.05) is 154 Å². The Morgan fingerprint density at radius 1 is 0.639 bits per heavy atom. The second kappa shape index (κ2) is 28.7. The summed E-state index contributed by atoms with van der Waals surface area (Å²) in [6.07, 6.45) is 33.5. The van der Waals surface area contributed by atoms with Crippen molar-refractivity contribution in [2.75, 3.05) is 6.61 Å². The average Bonchev–Trinajstić information content (AvgIpc) is 2.88. The van der Waals surface area contributed by atoms with Crippen LogP contribution in [0.1, 0.15) is 168 Å². The van der Waals surface area contributed by atoms with E-state index in [0.717, 1.165) is 32.1 Å². The van der Waals surface area contributed by atoms with Crippen LogP contribution < -0.4 is 5.32 Å². The summed E-state index contributed by atoms with van der Waals surface area (Å²) in [5.41, 5.74) is 0. The number of allylic oxidation sites excluding steroid dienone is 1. The number of nitrogens with one attached hydrogen (secondary N) is 1.